The first-order chi connectivity index (χ1) is 10.3. The largest absolute Gasteiger partial charge is 0.444 e. The van der Waals surface area contributed by atoms with Crippen molar-refractivity contribution in [3.8, 4) is 0 Å². The van der Waals surface area contributed by atoms with Crippen LogP contribution in [0.4, 0.5) is 4.79 Å². The molecule has 0 radical (unpaired) electrons. The molecule has 2 atom stereocenters. The number of hydrogen-bond acceptors (Lipinski definition) is 5. The molecule has 0 aromatic rings. The predicted octanol–water partition coefficient (Wildman–Crippen LogP) is 2.44. The summed E-state index contributed by atoms with van der Waals surface area (Å²) in [5.74, 6) is 0. The van der Waals surface area contributed by atoms with E-state index in [9.17, 15) is 4.79 Å². The van der Waals surface area contributed by atoms with Crippen LogP contribution in [0.2, 0.25) is 0 Å². The molecule has 0 aliphatic carbocycles. The van der Waals surface area contributed by atoms with Crippen LogP contribution in [0.25, 0.3) is 0 Å². The number of rotatable bonds is 8. The molecular weight excluding hydrogens is 354 g/mol. The Balaban J connectivity index is 2.19. The van der Waals surface area contributed by atoms with Crippen LogP contribution in [0.3, 0.4) is 0 Å². The van der Waals surface area contributed by atoms with E-state index in [0.717, 1.165) is 6.42 Å². The lowest BCUT2D eigenvalue weighted by molar-refractivity contribution is 0.0152. The first-order valence-corrected chi connectivity index (χ1v) is 8.55. The number of halogens is 1. The second-order valence-electron chi connectivity index (χ2n) is 6.27. The number of likely N-dealkylation sites (tertiary alicyclic amines) is 1. The maximum absolute atomic E-state index is 12.0. The van der Waals surface area contributed by atoms with Crippen molar-refractivity contribution in [2.45, 2.75) is 43.7 Å². The third-order valence-corrected chi connectivity index (χ3v) is 3.93. The second-order valence-corrected chi connectivity index (χ2v) is 7.45. The molecule has 1 fully saturated rings. The molecule has 2 unspecified atom stereocenters. The van der Waals surface area contributed by atoms with Crippen LogP contribution in [0.15, 0.2) is 0 Å². The van der Waals surface area contributed by atoms with E-state index in [1.807, 2.05) is 20.8 Å². The summed E-state index contributed by atoms with van der Waals surface area (Å²) in [6, 6.07) is 0. The van der Waals surface area contributed by atoms with Crippen LogP contribution >= 0.6 is 15.9 Å². The molecule has 1 aliphatic heterocycles. The molecule has 1 aliphatic rings. The SMILES string of the molecule is COCCOCCCOC1CN(C(=O)OC(C)(C)C)CC1Br. The van der Waals surface area contributed by atoms with Crippen LogP contribution in [-0.2, 0) is 18.9 Å². The van der Waals surface area contributed by atoms with Gasteiger partial charge < -0.3 is 23.8 Å². The molecule has 0 aromatic heterocycles. The maximum Gasteiger partial charge on any atom is 0.410 e. The number of nitrogens with zero attached hydrogens (tertiary/aromatic N) is 1. The molecule has 1 rings (SSSR count). The van der Waals surface area contributed by atoms with Crippen molar-refractivity contribution in [2.24, 2.45) is 0 Å². The van der Waals surface area contributed by atoms with Gasteiger partial charge in [-0.2, -0.15) is 0 Å². The highest BCUT2D eigenvalue weighted by Gasteiger charge is 2.36. The van der Waals surface area contributed by atoms with E-state index in [-0.39, 0.29) is 17.0 Å². The molecule has 1 saturated heterocycles. The van der Waals surface area contributed by atoms with E-state index < -0.39 is 5.60 Å². The zero-order valence-electron chi connectivity index (χ0n) is 14.0. The van der Waals surface area contributed by atoms with Gasteiger partial charge in [-0.05, 0) is 27.2 Å². The first kappa shape index (κ1) is 19.7. The Labute approximate surface area is 141 Å². The van der Waals surface area contributed by atoms with Gasteiger partial charge in [0.05, 0.1) is 30.7 Å². The van der Waals surface area contributed by atoms with Crippen LogP contribution in [-0.4, -0.2) is 74.2 Å². The summed E-state index contributed by atoms with van der Waals surface area (Å²) in [5, 5.41) is 0. The number of alkyl halides is 1. The highest BCUT2D eigenvalue weighted by atomic mass is 79.9. The number of amides is 1. The third kappa shape index (κ3) is 7.76. The van der Waals surface area contributed by atoms with Gasteiger partial charge in [0.1, 0.15) is 5.60 Å². The van der Waals surface area contributed by atoms with E-state index in [1.54, 1.807) is 12.0 Å². The number of ether oxygens (including phenoxy) is 4. The lowest BCUT2D eigenvalue weighted by atomic mass is 10.2. The molecule has 0 N–H and O–H groups in total. The summed E-state index contributed by atoms with van der Waals surface area (Å²) in [4.78, 5) is 13.8. The molecule has 6 nitrogen and oxygen atoms in total. The Bertz CT molecular complexity index is 334. The standard InChI is InChI=1S/C15H28BrNO5/c1-15(2,3)22-14(18)17-10-12(16)13(11-17)21-7-5-6-20-9-8-19-4/h12-13H,5-11H2,1-4H3. The van der Waals surface area contributed by atoms with Gasteiger partial charge in [-0.15, -0.1) is 0 Å². The molecule has 0 bridgehead atoms. The molecule has 130 valence electrons. The molecule has 22 heavy (non-hydrogen) atoms. The van der Waals surface area contributed by atoms with Crippen LogP contribution < -0.4 is 0 Å². The fourth-order valence-electron chi connectivity index (χ4n) is 2.01. The van der Waals surface area contributed by atoms with Gasteiger partial charge in [-0.25, -0.2) is 4.79 Å². The Morgan fingerprint density at radius 2 is 1.91 bits per heavy atom. The average Bonchev–Trinajstić information content (AvgIpc) is 2.77. The van der Waals surface area contributed by atoms with E-state index >= 15 is 0 Å². The van der Waals surface area contributed by atoms with Gasteiger partial charge in [-0.3, -0.25) is 0 Å². The second kappa shape index (κ2) is 9.70. The molecule has 1 amide bonds. The highest BCUT2D eigenvalue weighted by molar-refractivity contribution is 9.09. The first-order valence-electron chi connectivity index (χ1n) is 7.64. The van der Waals surface area contributed by atoms with Crippen molar-refractivity contribution in [1.29, 1.82) is 0 Å². The fourth-order valence-corrected chi connectivity index (χ4v) is 2.68. The average molecular weight is 382 g/mol. The topological polar surface area (TPSA) is 57.2 Å². The van der Waals surface area contributed by atoms with Gasteiger partial charge in [0.15, 0.2) is 0 Å². The summed E-state index contributed by atoms with van der Waals surface area (Å²) in [6.45, 7) is 9.23. The van der Waals surface area contributed by atoms with Crippen molar-refractivity contribution in [1.82, 2.24) is 4.90 Å². The van der Waals surface area contributed by atoms with E-state index in [4.69, 9.17) is 18.9 Å². The fraction of sp³-hybridized carbons (Fsp3) is 0.933. The van der Waals surface area contributed by atoms with E-state index in [2.05, 4.69) is 15.9 Å². The summed E-state index contributed by atoms with van der Waals surface area (Å²) in [7, 11) is 1.65. The minimum absolute atomic E-state index is 0.00788. The van der Waals surface area contributed by atoms with Crippen molar-refractivity contribution in [3.05, 3.63) is 0 Å². The zero-order valence-corrected chi connectivity index (χ0v) is 15.6. The number of methoxy groups -OCH3 is 1. The quantitative estimate of drug-likeness (QED) is 0.477. The minimum Gasteiger partial charge on any atom is -0.444 e. The van der Waals surface area contributed by atoms with Crippen LogP contribution in [0, 0.1) is 0 Å². The van der Waals surface area contributed by atoms with Crippen molar-refractivity contribution < 1.29 is 23.7 Å². The Kier molecular flexibility index (Phi) is 8.67. The Morgan fingerprint density at radius 3 is 2.55 bits per heavy atom. The molecule has 1 heterocycles. The van der Waals surface area contributed by atoms with Gasteiger partial charge in [0.2, 0.25) is 0 Å². The Hall–Kier alpha value is -0.370. The van der Waals surface area contributed by atoms with Crippen molar-refractivity contribution in [2.75, 3.05) is 46.6 Å². The number of carbonyl (C=O) groups excluding carboxylic acids is 1. The Morgan fingerprint density at radius 1 is 1.18 bits per heavy atom. The smallest absolute Gasteiger partial charge is 0.410 e. The van der Waals surface area contributed by atoms with Crippen molar-refractivity contribution in [3.63, 3.8) is 0 Å². The van der Waals surface area contributed by atoms with Gasteiger partial charge in [0.25, 0.3) is 0 Å². The lowest BCUT2D eigenvalue weighted by Crippen LogP contribution is -2.36. The van der Waals surface area contributed by atoms with Gasteiger partial charge in [0, 0.05) is 26.9 Å². The minimum atomic E-state index is -0.475. The van der Waals surface area contributed by atoms with Gasteiger partial charge >= 0.3 is 6.09 Å². The lowest BCUT2D eigenvalue weighted by Gasteiger charge is -2.24. The predicted molar refractivity (Wildman–Crippen MR) is 87.6 cm³/mol. The third-order valence-electron chi connectivity index (χ3n) is 3.05. The summed E-state index contributed by atoms with van der Waals surface area (Å²) < 4.78 is 21.5. The zero-order chi connectivity index (χ0) is 16.6. The summed E-state index contributed by atoms with van der Waals surface area (Å²) >= 11 is 3.57. The van der Waals surface area contributed by atoms with E-state index in [0.29, 0.717) is 39.5 Å². The summed E-state index contributed by atoms with van der Waals surface area (Å²) in [5.41, 5.74) is -0.475. The summed E-state index contributed by atoms with van der Waals surface area (Å²) in [6.07, 6.45) is 0.532. The van der Waals surface area contributed by atoms with Crippen LogP contribution in [0.5, 0.6) is 0 Å². The van der Waals surface area contributed by atoms with Gasteiger partial charge in [-0.1, -0.05) is 15.9 Å². The van der Waals surface area contributed by atoms with Crippen molar-refractivity contribution >= 4 is 22.0 Å². The highest BCUT2D eigenvalue weighted by Crippen LogP contribution is 2.22. The monoisotopic (exact) mass is 381 g/mol. The maximum atomic E-state index is 12.0. The molecule has 0 spiro atoms. The van der Waals surface area contributed by atoms with E-state index in [1.165, 1.54) is 0 Å². The normalized spacial score (nSPS) is 22.1. The van der Waals surface area contributed by atoms with Crippen LogP contribution in [0.1, 0.15) is 27.2 Å². The molecular formula is C15H28BrNO5. The molecule has 7 heteroatoms. The number of carbonyl (C=O) groups is 1. The molecule has 0 saturated carbocycles. The number of hydrogen-bond donors (Lipinski definition) is 0. The molecule has 0 aromatic carbocycles.